The molecule has 0 radical (unpaired) electrons. The molecule has 26 heavy (non-hydrogen) atoms. The monoisotopic (exact) mass is 359 g/mol. The van der Waals surface area contributed by atoms with E-state index in [1.807, 2.05) is 42.8 Å². The number of nitrogens with one attached hydrogen (secondary N) is 1. The van der Waals surface area contributed by atoms with Gasteiger partial charge in [0.25, 0.3) is 0 Å². The summed E-state index contributed by atoms with van der Waals surface area (Å²) in [5.74, 6) is 1.49. The van der Waals surface area contributed by atoms with Crippen LogP contribution in [0.3, 0.4) is 0 Å². The van der Waals surface area contributed by atoms with Crippen molar-refractivity contribution in [3.8, 4) is 22.6 Å². The summed E-state index contributed by atoms with van der Waals surface area (Å²) in [6.07, 6.45) is 1.61. The molecule has 0 aliphatic rings. The first-order valence-electron chi connectivity index (χ1n) is 8.12. The van der Waals surface area contributed by atoms with Crippen LogP contribution in [0, 0.1) is 6.92 Å². The number of fused-ring (bicyclic) bond motifs is 2. The number of furan rings is 1. The SMILES string of the molecule is Cc1ccc(-c2nc3[nH]ccc(=O)c3cc2-c2ccc3ncsc3c2)o1. The van der Waals surface area contributed by atoms with Gasteiger partial charge in [-0.05, 0) is 42.8 Å². The van der Waals surface area contributed by atoms with Crippen molar-refractivity contribution in [1.29, 1.82) is 0 Å². The van der Waals surface area contributed by atoms with E-state index >= 15 is 0 Å². The first kappa shape index (κ1) is 15.0. The Kier molecular flexibility index (Phi) is 3.26. The van der Waals surface area contributed by atoms with Crippen LogP contribution < -0.4 is 5.43 Å². The molecule has 0 spiro atoms. The van der Waals surface area contributed by atoms with Gasteiger partial charge < -0.3 is 9.40 Å². The predicted octanol–water partition coefficient (Wildman–Crippen LogP) is 4.77. The fourth-order valence-corrected chi connectivity index (χ4v) is 3.81. The van der Waals surface area contributed by atoms with Crippen molar-refractivity contribution in [3.63, 3.8) is 0 Å². The molecule has 5 rings (SSSR count). The lowest BCUT2D eigenvalue weighted by molar-refractivity contribution is 0.547. The Labute approximate surface area is 152 Å². The van der Waals surface area contributed by atoms with Crippen molar-refractivity contribution >= 4 is 32.6 Å². The highest BCUT2D eigenvalue weighted by molar-refractivity contribution is 7.16. The van der Waals surface area contributed by atoms with Crippen molar-refractivity contribution in [1.82, 2.24) is 15.0 Å². The van der Waals surface area contributed by atoms with Crippen molar-refractivity contribution in [3.05, 3.63) is 70.2 Å². The van der Waals surface area contributed by atoms with Gasteiger partial charge in [0.1, 0.15) is 17.1 Å². The Hall–Kier alpha value is -3.25. The third kappa shape index (κ3) is 2.34. The Balaban J connectivity index is 1.86. The van der Waals surface area contributed by atoms with Crippen LogP contribution in [0.2, 0.25) is 0 Å². The molecule has 1 aromatic carbocycles. The van der Waals surface area contributed by atoms with E-state index < -0.39 is 0 Å². The van der Waals surface area contributed by atoms with Gasteiger partial charge in [0.15, 0.2) is 11.2 Å². The number of rotatable bonds is 2. The maximum Gasteiger partial charge on any atom is 0.191 e. The molecule has 5 aromatic rings. The highest BCUT2D eigenvalue weighted by Crippen LogP contribution is 2.35. The quantitative estimate of drug-likeness (QED) is 0.493. The van der Waals surface area contributed by atoms with Crippen LogP contribution in [0.4, 0.5) is 0 Å². The van der Waals surface area contributed by atoms with Gasteiger partial charge >= 0.3 is 0 Å². The molecular formula is C20H13N3O2S. The number of pyridine rings is 2. The molecule has 4 aromatic heterocycles. The van der Waals surface area contributed by atoms with Gasteiger partial charge in [0.2, 0.25) is 0 Å². The molecule has 0 saturated carbocycles. The van der Waals surface area contributed by atoms with Crippen LogP contribution >= 0.6 is 11.3 Å². The fraction of sp³-hybridized carbons (Fsp3) is 0.0500. The van der Waals surface area contributed by atoms with Crippen LogP contribution in [-0.4, -0.2) is 15.0 Å². The standard InChI is InChI=1S/C20H13N3O2S/c1-11-2-5-17(25-11)19-13(9-14-16(24)6-7-21-20(14)23-19)12-3-4-15-18(8-12)26-10-22-15/h2-10H,1H3,(H,21,23,24). The Morgan fingerprint density at radius 1 is 1.12 bits per heavy atom. The molecule has 0 aliphatic carbocycles. The minimum Gasteiger partial charge on any atom is -0.460 e. The van der Waals surface area contributed by atoms with Crippen LogP contribution in [0.1, 0.15) is 5.76 Å². The van der Waals surface area contributed by atoms with Gasteiger partial charge in [0, 0.05) is 17.8 Å². The molecule has 0 unspecified atom stereocenters. The van der Waals surface area contributed by atoms with E-state index in [0.29, 0.717) is 22.5 Å². The summed E-state index contributed by atoms with van der Waals surface area (Å²) < 4.78 is 6.91. The van der Waals surface area contributed by atoms with Gasteiger partial charge in [-0.3, -0.25) is 4.79 Å². The highest BCUT2D eigenvalue weighted by Gasteiger charge is 2.16. The number of thiazole rings is 1. The molecule has 0 amide bonds. The summed E-state index contributed by atoms with van der Waals surface area (Å²) in [7, 11) is 0. The summed E-state index contributed by atoms with van der Waals surface area (Å²) >= 11 is 1.59. The maximum atomic E-state index is 12.3. The largest absolute Gasteiger partial charge is 0.460 e. The van der Waals surface area contributed by atoms with Crippen molar-refractivity contribution < 1.29 is 4.42 Å². The number of hydrogen-bond donors (Lipinski definition) is 1. The average Bonchev–Trinajstić information content (AvgIpc) is 3.29. The van der Waals surface area contributed by atoms with Crippen molar-refractivity contribution in [2.75, 3.05) is 0 Å². The summed E-state index contributed by atoms with van der Waals surface area (Å²) in [5.41, 5.74) is 5.81. The molecule has 0 bridgehead atoms. The van der Waals surface area contributed by atoms with E-state index in [0.717, 1.165) is 27.1 Å². The third-order valence-corrected chi connectivity index (χ3v) is 5.15. The third-order valence-electron chi connectivity index (χ3n) is 4.36. The molecule has 126 valence electrons. The molecule has 1 N–H and O–H groups in total. The van der Waals surface area contributed by atoms with Gasteiger partial charge in [-0.25, -0.2) is 9.97 Å². The van der Waals surface area contributed by atoms with E-state index in [2.05, 4.69) is 16.0 Å². The summed E-state index contributed by atoms with van der Waals surface area (Å²) in [4.78, 5) is 24.4. The van der Waals surface area contributed by atoms with E-state index in [-0.39, 0.29) is 5.43 Å². The van der Waals surface area contributed by atoms with Crippen LogP contribution in [0.25, 0.3) is 43.8 Å². The molecule has 0 aliphatic heterocycles. The zero-order valence-corrected chi connectivity index (χ0v) is 14.6. The van der Waals surface area contributed by atoms with Gasteiger partial charge in [-0.1, -0.05) is 6.07 Å². The predicted molar refractivity (Wildman–Crippen MR) is 103 cm³/mol. The second-order valence-electron chi connectivity index (χ2n) is 6.07. The maximum absolute atomic E-state index is 12.3. The van der Waals surface area contributed by atoms with Crippen molar-refractivity contribution in [2.45, 2.75) is 6.92 Å². The van der Waals surface area contributed by atoms with Crippen LogP contribution in [-0.2, 0) is 0 Å². The summed E-state index contributed by atoms with van der Waals surface area (Å²) in [6.45, 7) is 1.90. The van der Waals surface area contributed by atoms with E-state index in [9.17, 15) is 4.79 Å². The molecule has 5 nitrogen and oxygen atoms in total. The summed E-state index contributed by atoms with van der Waals surface area (Å²) in [5, 5.41) is 0.555. The number of hydrogen-bond acceptors (Lipinski definition) is 5. The second-order valence-corrected chi connectivity index (χ2v) is 6.95. The molecule has 4 heterocycles. The Bertz CT molecular complexity index is 1330. The number of benzene rings is 1. The average molecular weight is 359 g/mol. The molecular weight excluding hydrogens is 346 g/mol. The number of nitrogens with zero attached hydrogens (tertiary/aromatic N) is 2. The second kappa shape index (κ2) is 5.64. The van der Waals surface area contributed by atoms with Crippen LogP contribution in [0.15, 0.2) is 63.4 Å². The Morgan fingerprint density at radius 3 is 2.88 bits per heavy atom. The topological polar surface area (TPSA) is 71.8 Å². The fourth-order valence-electron chi connectivity index (χ4n) is 3.09. The lowest BCUT2D eigenvalue weighted by atomic mass is 10.0. The van der Waals surface area contributed by atoms with Crippen molar-refractivity contribution in [2.24, 2.45) is 0 Å². The van der Waals surface area contributed by atoms with Crippen LogP contribution in [0.5, 0.6) is 0 Å². The van der Waals surface area contributed by atoms with Gasteiger partial charge in [-0.2, -0.15) is 0 Å². The van der Waals surface area contributed by atoms with E-state index in [1.165, 1.54) is 6.07 Å². The zero-order chi connectivity index (χ0) is 17.7. The number of aryl methyl sites for hydroxylation is 1. The smallest absolute Gasteiger partial charge is 0.191 e. The molecule has 0 atom stereocenters. The number of aromatic amines is 1. The lowest BCUT2D eigenvalue weighted by Crippen LogP contribution is -2.03. The minimum atomic E-state index is -0.0615. The first-order valence-corrected chi connectivity index (χ1v) is 9.00. The van der Waals surface area contributed by atoms with Gasteiger partial charge in [-0.15, -0.1) is 11.3 Å². The molecule has 0 saturated heterocycles. The molecule has 0 fully saturated rings. The highest BCUT2D eigenvalue weighted by atomic mass is 32.1. The van der Waals surface area contributed by atoms with E-state index in [4.69, 9.17) is 9.40 Å². The number of aromatic nitrogens is 3. The number of H-pyrrole nitrogens is 1. The minimum absolute atomic E-state index is 0.0615. The Morgan fingerprint density at radius 2 is 2.04 bits per heavy atom. The normalized spacial score (nSPS) is 11.4. The van der Waals surface area contributed by atoms with Gasteiger partial charge in [0.05, 0.1) is 21.1 Å². The molecule has 6 heteroatoms. The first-order chi connectivity index (χ1) is 12.7. The van der Waals surface area contributed by atoms with E-state index in [1.54, 1.807) is 17.5 Å². The lowest BCUT2D eigenvalue weighted by Gasteiger charge is -2.09. The zero-order valence-electron chi connectivity index (χ0n) is 13.8. The summed E-state index contributed by atoms with van der Waals surface area (Å²) in [6, 6.07) is 13.3.